The van der Waals surface area contributed by atoms with E-state index >= 15 is 0 Å². The van der Waals surface area contributed by atoms with Crippen LogP contribution in [-0.2, 0) is 11.3 Å². The molecular formula is C15H24N4O2. The molecule has 0 aliphatic carbocycles. The first-order valence-electron chi connectivity index (χ1n) is 7.36. The van der Waals surface area contributed by atoms with Gasteiger partial charge in [0.1, 0.15) is 6.61 Å². The summed E-state index contributed by atoms with van der Waals surface area (Å²) in [4.78, 5) is 10.9. The average Bonchev–Trinajstić information content (AvgIpc) is 3.04. The molecule has 6 heteroatoms. The third kappa shape index (κ3) is 4.60. The lowest BCUT2D eigenvalue weighted by atomic mass is 10.2. The summed E-state index contributed by atoms with van der Waals surface area (Å²) in [6.07, 6.45) is 4.21. The van der Waals surface area contributed by atoms with E-state index in [-0.39, 0.29) is 0 Å². The predicted octanol–water partition coefficient (Wildman–Crippen LogP) is 1.28. The number of nitrogens with one attached hydrogen (secondary N) is 1. The van der Waals surface area contributed by atoms with Crippen LogP contribution in [0.1, 0.15) is 18.4 Å². The van der Waals surface area contributed by atoms with Gasteiger partial charge in [0.05, 0.1) is 6.61 Å². The first-order valence-corrected chi connectivity index (χ1v) is 7.36. The number of rotatable bonds is 6. The smallest absolute Gasteiger partial charge is 0.218 e. The number of aliphatic imine (C=N–C) groups is 1. The fourth-order valence-electron chi connectivity index (χ4n) is 2.35. The average molecular weight is 292 g/mol. The fraction of sp³-hybridized carbons (Fsp3) is 0.600. The zero-order chi connectivity index (χ0) is 14.9. The summed E-state index contributed by atoms with van der Waals surface area (Å²) in [6, 6.07) is 3.93. The van der Waals surface area contributed by atoms with Crippen molar-refractivity contribution in [2.45, 2.75) is 19.4 Å². The van der Waals surface area contributed by atoms with Gasteiger partial charge in [0.2, 0.25) is 5.88 Å². The van der Waals surface area contributed by atoms with Gasteiger partial charge >= 0.3 is 0 Å². The quantitative estimate of drug-likeness (QED) is 0.486. The number of nitrogens with zero attached hydrogens (tertiary/aromatic N) is 3. The lowest BCUT2D eigenvalue weighted by molar-refractivity contribution is 0.143. The number of pyridine rings is 1. The van der Waals surface area contributed by atoms with Crippen LogP contribution in [0, 0.1) is 0 Å². The number of methoxy groups -OCH3 is 1. The molecule has 0 unspecified atom stereocenters. The van der Waals surface area contributed by atoms with Crippen molar-refractivity contribution >= 4 is 5.96 Å². The van der Waals surface area contributed by atoms with Crippen molar-refractivity contribution in [2.24, 2.45) is 4.99 Å². The Morgan fingerprint density at radius 3 is 2.90 bits per heavy atom. The van der Waals surface area contributed by atoms with E-state index in [2.05, 4.69) is 20.2 Å². The lowest BCUT2D eigenvalue weighted by Crippen LogP contribution is -2.39. The second kappa shape index (κ2) is 8.46. The molecule has 2 rings (SSSR count). The van der Waals surface area contributed by atoms with Crippen molar-refractivity contribution in [3.8, 4) is 5.88 Å². The van der Waals surface area contributed by atoms with Gasteiger partial charge < -0.3 is 19.7 Å². The summed E-state index contributed by atoms with van der Waals surface area (Å²) in [6.45, 7) is 3.85. The molecule has 1 saturated heterocycles. The monoisotopic (exact) mass is 292 g/mol. The largest absolute Gasteiger partial charge is 0.475 e. The standard InChI is InChI=1S/C15H24N4O2/c1-16-15(19-8-3-4-9-19)18-12-13-6-5-7-17-14(13)21-11-10-20-2/h5-7H,3-4,8-12H2,1-2H3,(H,16,18). The number of likely N-dealkylation sites (tertiary alicyclic amines) is 1. The number of ether oxygens (including phenoxy) is 2. The summed E-state index contributed by atoms with van der Waals surface area (Å²) >= 11 is 0. The highest BCUT2D eigenvalue weighted by atomic mass is 16.5. The summed E-state index contributed by atoms with van der Waals surface area (Å²) in [5, 5.41) is 3.38. The highest BCUT2D eigenvalue weighted by Gasteiger charge is 2.16. The van der Waals surface area contributed by atoms with Gasteiger partial charge in [0, 0.05) is 45.6 Å². The van der Waals surface area contributed by atoms with Gasteiger partial charge in [0.15, 0.2) is 5.96 Å². The van der Waals surface area contributed by atoms with Crippen LogP contribution in [-0.4, -0.2) is 56.3 Å². The van der Waals surface area contributed by atoms with Crippen molar-refractivity contribution in [1.82, 2.24) is 15.2 Å². The van der Waals surface area contributed by atoms with Crippen molar-refractivity contribution < 1.29 is 9.47 Å². The molecule has 0 atom stereocenters. The molecule has 6 nitrogen and oxygen atoms in total. The molecule has 1 aromatic rings. The van der Waals surface area contributed by atoms with Crippen LogP contribution >= 0.6 is 0 Å². The van der Waals surface area contributed by atoms with Gasteiger partial charge in [-0.15, -0.1) is 0 Å². The Morgan fingerprint density at radius 2 is 2.19 bits per heavy atom. The minimum absolute atomic E-state index is 0.501. The van der Waals surface area contributed by atoms with Gasteiger partial charge in [-0.3, -0.25) is 4.99 Å². The second-order valence-electron chi connectivity index (χ2n) is 4.90. The number of hydrogen-bond acceptors (Lipinski definition) is 4. The van der Waals surface area contributed by atoms with Crippen LogP contribution in [0.15, 0.2) is 23.3 Å². The summed E-state index contributed by atoms with van der Waals surface area (Å²) < 4.78 is 10.6. The Bertz CT molecular complexity index is 459. The van der Waals surface area contributed by atoms with E-state index in [1.165, 1.54) is 12.8 Å². The third-order valence-electron chi connectivity index (χ3n) is 3.43. The minimum Gasteiger partial charge on any atom is -0.475 e. The van der Waals surface area contributed by atoms with E-state index in [9.17, 15) is 0 Å². The Labute approximate surface area is 126 Å². The van der Waals surface area contributed by atoms with Crippen molar-refractivity contribution in [3.63, 3.8) is 0 Å². The molecule has 1 aromatic heterocycles. The van der Waals surface area contributed by atoms with E-state index in [4.69, 9.17) is 9.47 Å². The third-order valence-corrected chi connectivity index (χ3v) is 3.43. The topological polar surface area (TPSA) is 59.0 Å². The van der Waals surface area contributed by atoms with Crippen LogP contribution in [0.3, 0.4) is 0 Å². The zero-order valence-corrected chi connectivity index (χ0v) is 12.8. The molecule has 21 heavy (non-hydrogen) atoms. The van der Waals surface area contributed by atoms with Crippen LogP contribution in [0.5, 0.6) is 5.88 Å². The van der Waals surface area contributed by atoms with E-state index in [0.717, 1.165) is 24.6 Å². The van der Waals surface area contributed by atoms with E-state index in [1.54, 1.807) is 13.3 Å². The van der Waals surface area contributed by atoms with Crippen molar-refractivity contribution in [1.29, 1.82) is 0 Å². The number of hydrogen-bond donors (Lipinski definition) is 1. The Morgan fingerprint density at radius 1 is 1.38 bits per heavy atom. The second-order valence-corrected chi connectivity index (χ2v) is 4.90. The maximum absolute atomic E-state index is 5.64. The summed E-state index contributed by atoms with van der Waals surface area (Å²) in [5.41, 5.74) is 1.02. The van der Waals surface area contributed by atoms with E-state index < -0.39 is 0 Å². The number of guanidine groups is 1. The molecule has 0 bridgehead atoms. The zero-order valence-electron chi connectivity index (χ0n) is 12.8. The Hall–Kier alpha value is -1.82. The molecule has 0 spiro atoms. The van der Waals surface area contributed by atoms with Crippen molar-refractivity contribution in [3.05, 3.63) is 23.9 Å². The van der Waals surface area contributed by atoms with E-state index in [1.807, 2.05) is 19.2 Å². The maximum atomic E-state index is 5.64. The Kier molecular flexibility index (Phi) is 6.27. The summed E-state index contributed by atoms with van der Waals surface area (Å²) in [5.74, 6) is 1.60. The molecule has 0 amide bonds. The first kappa shape index (κ1) is 15.6. The first-order chi connectivity index (χ1) is 10.3. The normalized spacial score (nSPS) is 15.3. The van der Waals surface area contributed by atoms with Gasteiger partial charge in [-0.1, -0.05) is 6.07 Å². The summed E-state index contributed by atoms with van der Waals surface area (Å²) in [7, 11) is 3.48. The van der Waals surface area contributed by atoms with Gasteiger partial charge in [0.25, 0.3) is 0 Å². The predicted molar refractivity (Wildman–Crippen MR) is 82.6 cm³/mol. The molecular weight excluding hydrogens is 268 g/mol. The Balaban J connectivity index is 1.92. The molecule has 1 fully saturated rings. The van der Waals surface area contributed by atoms with Gasteiger partial charge in [-0.05, 0) is 18.9 Å². The minimum atomic E-state index is 0.501. The highest BCUT2D eigenvalue weighted by Crippen LogP contribution is 2.14. The van der Waals surface area contributed by atoms with Gasteiger partial charge in [-0.25, -0.2) is 4.98 Å². The van der Waals surface area contributed by atoms with Crippen molar-refractivity contribution in [2.75, 3.05) is 40.5 Å². The molecule has 1 aliphatic heterocycles. The molecule has 1 N–H and O–H groups in total. The van der Waals surface area contributed by atoms with Crippen LogP contribution in [0.4, 0.5) is 0 Å². The lowest BCUT2D eigenvalue weighted by Gasteiger charge is -2.21. The van der Waals surface area contributed by atoms with Gasteiger partial charge in [-0.2, -0.15) is 0 Å². The molecule has 1 aliphatic rings. The highest BCUT2D eigenvalue weighted by molar-refractivity contribution is 5.80. The molecule has 0 aromatic carbocycles. The molecule has 116 valence electrons. The molecule has 0 saturated carbocycles. The fourth-order valence-corrected chi connectivity index (χ4v) is 2.35. The number of aromatic nitrogens is 1. The van der Waals surface area contributed by atoms with E-state index in [0.29, 0.717) is 25.6 Å². The van der Waals surface area contributed by atoms with Crippen LogP contribution in [0.2, 0.25) is 0 Å². The molecule has 2 heterocycles. The molecule has 0 radical (unpaired) electrons. The maximum Gasteiger partial charge on any atom is 0.218 e. The van der Waals surface area contributed by atoms with Crippen LogP contribution < -0.4 is 10.1 Å². The van der Waals surface area contributed by atoms with Crippen LogP contribution in [0.25, 0.3) is 0 Å². The SMILES string of the molecule is CN=C(NCc1cccnc1OCCOC)N1CCCC1.